The zero-order chi connectivity index (χ0) is 29.1. The van der Waals surface area contributed by atoms with E-state index in [-0.39, 0.29) is 37.2 Å². The third kappa shape index (κ3) is 6.01. The van der Waals surface area contributed by atoms with Crippen LogP contribution < -0.4 is 10.6 Å². The van der Waals surface area contributed by atoms with Crippen LogP contribution in [0.15, 0.2) is 77.7 Å². The zero-order valence-electron chi connectivity index (χ0n) is 22.0. The average Bonchev–Trinajstić information content (AvgIpc) is 3.29. The molecule has 5 atom stereocenters. The number of carbonyl (C=O) groups excluding carboxylic acids is 4. The van der Waals surface area contributed by atoms with Gasteiger partial charge in [-0.25, -0.2) is 8.42 Å². The molecule has 2 saturated heterocycles. The second-order valence-electron chi connectivity index (χ2n) is 10.1. The van der Waals surface area contributed by atoms with Gasteiger partial charge >= 0.3 is 5.97 Å². The van der Waals surface area contributed by atoms with Crippen LogP contribution >= 0.6 is 0 Å². The summed E-state index contributed by atoms with van der Waals surface area (Å²) in [6.45, 7) is -0.448. The lowest BCUT2D eigenvalue weighted by atomic mass is 9.97. The van der Waals surface area contributed by atoms with Crippen LogP contribution in [0.3, 0.4) is 0 Å². The molecule has 3 heterocycles. The molecule has 2 unspecified atom stereocenters. The van der Waals surface area contributed by atoms with Crippen LogP contribution in [0.25, 0.3) is 0 Å². The van der Waals surface area contributed by atoms with E-state index in [0.29, 0.717) is 5.56 Å². The molecule has 2 aromatic carbocycles. The fraction of sp³-hybridized carbons (Fsp3) is 0.357. The first-order chi connectivity index (χ1) is 19.6. The molecular formula is C28H30N4O8S. The van der Waals surface area contributed by atoms with Gasteiger partial charge in [-0.3, -0.25) is 19.2 Å². The van der Waals surface area contributed by atoms with E-state index in [2.05, 4.69) is 10.6 Å². The Hall–Kier alpha value is -4.07. The number of hydrogen-bond acceptors (Lipinski definition) is 8. The summed E-state index contributed by atoms with van der Waals surface area (Å²) in [4.78, 5) is 53.6. The van der Waals surface area contributed by atoms with E-state index in [9.17, 15) is 32.7 Å². The highest BCUT2D eigenvalue weighted by molar-refractivity contribution is 7.89. The lowest BCUT2D eigenvalue weighted by molar-refractivity contribution is -0.156. The molecule has 0 saturated carbocycles. The summed E-state index contributed by atoms with van der Waals surface area (Å²) >= 11 is 0. The monoisotopic (exact) mass is 582 g/mol. The quantitative estimate of drug-likeness (QED) is 0.320. The molecule has 2 fully saturated rings. The SMILES string of the molecule is O=C1CC(NC(=O)[C@@H]2CN(S(=O)(=O)c3ccccc3)C[C@@H]3C/C=C\C[C@H](NC(=O)c4ccccc4)C(=O)N32)C(O)O1. The molecule has 0 radical (unpaired) electrons. The minimum Gasteiger partial charge on any atom is -0.434 e. The van der Waals surface area contributed by atoms with E-state index in [0.717, 1.165) is 0 Å². The topological polar surface area (TPSA) is 162 Å². The van der Waals surface area contributed by atoms with Crippen LogP contribution in [0.1, 0.15) is 29.6 Å². The Bertz CT molecular complexity index is 1450. The number of sulfonamides is 1. The van der Waals surface area contributed by atoms with Crippen molar-refractivity contribution in [3.8, 4) is 0 Å². The summed E-state index contributed by atoms with van der Waals surface area (Å²) in [7, 11) is -4.04. The molecule has 0 aliphatic carbocycles. The zero-order valence-corrected chi connectivity index (χ0v) is 22.8. The Balaban J connectivity index is 1.46. The van der Waals surface area contributed by atoms with Gasteiger partial charge in [0.05, 0.1) is 11.3 Å². The van der Waals surface area contributed by atoms with Gasteiger partial charge in [0.2, 0.25) is 28.1 Å². The Morgan fingerprint density at radius 2 is 1.56 bits per heavy atom. The van der Waals surface area contributed by atoms with Gasteiger partial charge in [0, 0.05) is 24.7 Å². The maximum Gasteiger partial charge on any atom is 0.310 e. The maximum atomic E-state index is 14.0. The van der Waals surface area contributed by atoms with Crippen molar-refractivity contribution in [3.63, 3.8) is 0 Å². The van der Waals surface area contributed by atoms with Gasteiger partial charge in [0.15, 0.2) is 0 Å². The van der Waals surface area contributed by atoms with Crippen molar-refractivity contribution in [2.24, 2.45) is 0 Å². The second-order valence-corrected chi connectivity index (χ2v) is 12.0. The van der Waals surface area contributed by atoms with Crippen molar-refractivity contribution in [1.82, 2.24) is 19.8 Å². The molecule has 3 amide bonds. The van der Waals surface area contributed by atoms with Crippen molar-refractivity contribution in [3.05, 3.63) is 78.4 Å². The number of cyclic esters (lactones) is 1. The standard InChI is InChI=1S/C28H30N4O8S/c33-24-15-22(28(37)40-24)30-26(35)23-17-31(41(38,39)20-12-5-2-6-13-20)16-19-11-7-8-14-21(27(36)32(19)23)29-25(34)18-9-3-1-4-10-18/h1-10,12-13,19,21-23,28,37H,11,14-17H2,(H,29,34)(H,30,35)/b8-7-/t19-,21-,22?,23-,28?/m0/s1. The molecule has 3 aliphatic heterocycles. The molecule has 216 valence electrons. The predicted molar refractivity (Wildman–Crippen MR) is 144 cm³/mol. The Labute approximate surface area is 237 Å². The third-order valence-electron chi connectivity index (χ3n) is 7.35. The number of hydrogen-bond donors (Lipinski definition) is 3. The molecular weight excluding hydrogens is 552 g/mol. The largest absolute Gasteiger partial charge is 0.434 e. The summed E-state index contributed by atoms with van der Waals surface area (Å²) in [6.07, 6.45) is 2.14. The van der Waals surface area contributed by atoms with Crippen molar-refractivity contribution in [1.29, 1.82) is 0 Å². The van der Waals surface area contributed by atoms with Gasteiger partial charge in [0.25, 0.3) is 5.91 Å². The molecule has 0 bridgehead atoms. The molecule has 13 heteroatoms. The van der Waals surface area contributed by atoms with Gasteiger partial charge in [-0.2, -0.15) is 4.31 Å². The van der Waals surface area contributed by atoms with Gasteiger partial charge in [-0.15, -0.1) is 0 Å². The first kappa shape index (κ1) is 28.5. The third-order valence-corrected chi connectivity index (χ3v) is 9.20. The molecule has 2 aromatic rings. The summed E-state index contributed by atoms with van der Waals surface area (Å²) in [5, 5.41) is 15.4. The fourth-order valence-corrected chi connectivity index (χ4v) is 6.77. The number of nitrogens with zero attached hydrogens (tertiary/aromatic N) is 2. The summed E-state index contributed by atoms with van der Waals surface area (Å²) in [5.74, 6) is -2.46. The molecule has 3 aliphatic rings. The summed E-state index contributed by atoms with van der Waals surface area (Å²) in [5.41, 5.74) is 0.357. The lowest BCUT2D eigenvalue weighted by Gasteiger charge is -2.47. The Kier molecular flexibility index (Phi) is 8.20. The number of esters is 1. The smallest absolute Gasteiger partial charge is 0.310 e. The van der Waals surface area contributed by atoms with E-state index in [4.69, 9.17) is 4.74 Å². The van der Waals surface area contributed by atoms with Crippen LogP contribution in [0.2, 0.25) is 0 Å². The van der Waals surface area contributed by atoms with Crippen LogP contribution in [0.4, 0.5) is 0 Å². The average molecular weight is 583 g/mol. The maximum absolute atomic E-state index is 14.0. The van der Waals surface area contributed by atoms with E-state index in [1.807, 2.05) is 0 Å². The van der Waals surface area contributed by atoms with Crippen molar-refractivity contribution in [2.45, 2.75) is 54.6 Å². The number of nitrogens with one attached hydrogen (secondary N) is 2. The number of piperazine rings is 1. The normalized spacial score (nSPS) is 27.6. The summed E-state index contributed by atoms with van der Waals surface area (Å²) in [6, 6.07) is 12.0. The molecule has 3 N–H and O–H groups in total. The van der Waals surface area contributed by atoms with Gasteiger partial charge < -0.3 is 25.4 Å². The number of fused-ring (bicyclic) bond motifs is 1. The Morgan fingerprint density at radius 1 is 0.902 bits per heavy atom. The van der Waals surface area contributed by atoms with Gasteiger partial charge in [-0.05, 0) is 37.1 Å². The number of amides is 3. The molecule has 41 heavy (non-hydrogen) atoms. The molecule has 12 nitrogen and oxygen atoms in total. The van der Waals surface area contributed by atoms with E-state index in [1.54, 1.807) is 60.7 Å². The van der Waals surface area contributed by atoms with Crippen molar-refractivity contribution >= 4 is 33.7 Å². The van der Waals surface area contributed by atoms with Crippen molar-refractivity contribution in [2.75, 3.05) is 13.1 Å². The number of carbonyl (C=O) groups is 4. The van der Waals surface area contributed by atoms with E-state index < -0.39 is 64.2 Å². The summed E-state index contributed by atoms with van der Waals surface area (Å²) < 4.78 is 33.1. The minimum absolute atomic E-state index is 0.0403. The number of aliphatic hydroxyl groups excluding tert-OH is 1. The van der Waals surface area contributed by atoms with Crippen LogP contribution in [0.5, 0.6) is 0 Å². The van der Waals surface area contributed by atoms with Crippen molar-refractivity contribution < 1.29 is 37.4 Å². The Morgan fingerprint density at radius 3 is 2.22 bits per heavy atom. The highest BCUT2D eigenvalue weighted by Gasteiger charge is 2.47. The van der Waals surface area contributed by atoms with Gasteiger partial charge in [-0.1, -0.05) is 48.6 Å². The first-order valence-electron chi connectivity index (χ1n) is 13.2. The number of aliphatic hydroxyl groups is 1. The number of rotatable bonds is 6. The fourth-order valence-electron chi connectivity index (χ4n) is 5.27. The lowest BCUT2D eigenvalue weighted by Crippen LogP contribution is -2.68. The first-order valence-corrected chi connectivity index (χ1v) is 14.7. The second kappa shape index (κ2) is 11.8. The highest BCUT2D eigenvalue weighted by Crippen LogP contribution is 2.28. The minimum atomic E-state index is -4.04. The van der Waals surface area contributed by atoms with E-state index in [1.165, 1.54) is 21.3 Å². The number of ether oxygens (including phenoxy) is 1. The van der Waals surface area contributed by atoms with E-state index >= 15 is 0 Å². The van der Waals surface area contributed by atoms with Crippen LogP contribution in [-0.4, -0.2) is 90.0 Å². The van der Waals surface area contributed by atoms with Crippen LogP contribution in [-0.2, 0) is 29.1 Å². The number of benzene rings is 2. The molecule has 0 aromatic heterocycles. The highest BCUT2D eigenvalue weighted by atomic mass is 32.2. The predicted octanol–water partition coefficient (Wildman–Crippen LogP) is 0.155. The molecule has 0 spiro atoms. The van der Waals surface area contributed by atoms with Crippen LogP contribution in [0, 0.1) is 0 Å². The molecule has 5 rings (SSSR count). The van der Waals surface area contributed by atoms with Gasteiger partial charge in [0.1, 0.15) is 18.1 Å².